The topological polar surface area (TPSA) is 46.3 Å². The number of anilines is 1. The van der Waals surface area contributed by atoms with Crippen LogP contribution in [0.25, 0.3) is 0 Å². The quantitative estimate of drug-likeness (QED) is 0.721. The van der Waals surface area contributed by atoms with Crippen LogP contribution in [0.1, 0.15) is 18.9 Å². The van der Waals surface area contributed by atoms with Gasteiger partial charge < -0.3 is 10.6 Å². The van der Waals surface area contributed by atoms with Gasteiger partial charge in [-0.15, -0.1) is 0 Å². The van der Waals surface area contributed by atoms with Crippen LogP contribution in [0.5, 0.6) is 0 Å². The molecule has 0 radical (unpaired) electrons. The first-order valence-electron chi connectivity index (χ1n) is 5.73. The summed E-state index contributed by atoms with van der Waals surface area (Å²) in [5.41, 5.74) is 8.09. The van der Waals surface area contributed by atoms with Crippen molar-refractivity contribution in [3.63, 3.8) is 0 Å². The molecule has 84 valence electrons. The molecule has 1 saturated heterocycles. The third-order valence-electron chi connectivity index (χ3n) is 4.08. The summed E-state index contributed by atoms with van der Waals surface area (Å²) in [6.07, 6.45) is 1.22. The first kappa shape index (κ1) is 9.70. The third-order valence-corrected chi connectivity index (χ3v) is 4.08. The Morgan fingerprint density at radius 2 is 2.12 bits per heavy atom. The summed E-state index contributed by atoms with van der Waals surface area (Å²) in [6.45, 7) is 3.47. The van der Waals surface area contributed by atoms with Crippen LogP contribution in [0.4, 0.5) is 5.69 Å². The van der Waals surface area contributed by atoms with Crippen LogP contribution in [0.3, 0.4) is 0 Å². The van der Waals surface area contributed by atoms with E-state index in [0.717, 1.165) is 18.8 Å². The molecule has 3 nitrogen and oxygen atoms in total. The lowest BCUT2D eigenvalue weighted by molar-refractivity contribution is -0.128. The van der Waals surface area contributed by atoms with Gasteiger partial charge in [0.25, 0.3) is 0 Å². The van der Waals surface area contributed by atoms with Crippen LogP contribution in [0.2, 0.25) is 0 Å². The van der Waals surface area contributed by atoms with Crippen LogP contribution < -0.4 is 5.73 Å². The number of carbonyl (C=O) groups is 1. The highest BCUT2D eigenvalue weighted by molar-refractivity contribution is 5.74. The largest absolute Gasteiger partial charge is 0.399 e. The highest BCUT2D eigenvalue weighted by Crippen LogP contribution is 2.58. The van der Waals surface area contributed by atoms with E-state index in [1.807, 2.05) is 17.0 Å². The number of piperidine rings is 1. The summed E-state index contributed by atoms with van der Waals surface area (Å²) in [6, 6.07) is 8.13. The van der Waals surface area contributed by atoms with Crippen LogP contribution in [-0.2, 0) is 10.2 Å². The minimum Gasteiger partial charge on any atom is -0.399 e. The average molecular weight is 216 g/mol. The Kier molecular flexibility index (Phi) is 1.82. The summed E-state index contributed by atoms with van der Waals surface area (Å²) < 4.78 is 0. The third kappa shape index (κ3) is 1.24. The summed E-state index contributed by atoms with van der Waals surface area (Å²) in [5, 5.41) is 0. The van der Waals surface area contributed by atoms with Gasteiger partial charge in [-0.05, 0) is 30.0 Å². The molecule has 1 aliphatic carbocycles. The minimum atomic E-state index is 0.196. The Balaban J connectivity index is 1.87. The van der Waals surface area contributed by atoms with Crippen molar-refractivity contribution in [2.75, 3.05) is 18.8 Å². The van der Waals surface area contributed by atoms with Gasteiger partial charge in [-0.25, -0.2) is 0 Å². The van der Waals surface area contributed by atoms with Crippen molar-refractivity contribution in [1.82, 2.24) is 4.90 Å². The zero-order chi connectivity index (χ0) is 11.3. The molecule has 1 amide bonds. The number of hydrogen-bond donors (Lipinski definition) is 1. The molecule has 1 heterocycles. The normalized spacial score (nSPS) is 31.3. The number of fused-ring (bicyclic) bond motifs is 1. The molecule has 0 bridgehead atoms. The molecular weight excluding hydrogens is 200 g/mol. The summed E-state index contributed by atoms with van der Waals surface area (Å²) in [5.74, 6) is 0.863. The van der Waals surface area contributed by atoms with Crippen molar-refractivity contribution >= 4 is 11.6 Å². The second kappa shape index (κ2) is 3.00. The van der Waals surface area contributed by atoms with Gasteiger partial charge in [0.1, 0.15) is 0 Å². The lowest BCUT2D eigenvalue weighted by Gasteiger charge is -2.19. The Labute approximate surface area is 95.2 Å². The predicted octanol–water partition coefficient (Wildman–Crippen LogP) is 1.39. The van der Waals surface area contributed by atoms with Crippen LogP contribution in [-0.4, -0.2) is 23.9 Å². The van der Waals surface area contributed by atoms with Crippen molar-refractivity contribution < 1.29 is 4.79 Å². The number of rotatable bonds is 1. The number of carbonyl (C=O) groups excluding carboxylic acids is 1. The van der Waals surface area contributed by atoms with E-state index in [4.69, 9.17) is 5.73 Å². The maximum atomic E-state index is 11.3. The average Bonchev–Trinajstić information content (AvgIpc) is 2.82. The van der Waals surface area contributed by atoms with Crippen molar-refractivity contribution in [3.8, 4) is 0 Å². The van der Waals surface area contributed by atoms with Gasteiger partial charge in [-0.1, -0.05) is 12.1 Å². The molecule has 2 unspecified atom stereocenters. The van der Waals surface area contributed by atoms with Crippen LogP contribution >= 0.6 is 0 Å². The standard InChI is InChI=1S/C13H16N2O/c1-9(16)15-7-11-6-13(11,8-15)10-2-4-12(14)5-3-10/h2-5,11H,6-8,14H2,1H3. The number of nitrogens with two attached hydrogens (primary N) is 1. The zero-order valence-electron chi connectivity index (χ0n) is 9.44. The molecular formula is C13H16N2O. The van der Waals surface area contributed by atoms with E-state index >= 15 is 0 Å². The first-order valence-corrected chi connectivity index (χ1v) is 5.73. The van der Waals surface area contributed by atoms with Gasteiger partial charge in [-0.2, -0.15) is 0 Å². The molecule has 1 aliphatic heterocycles. The molecule has 2 fully saturated rings. The molecule has 2 aliphatic rings. The number of hydrogen-bond acceptors (Lipinski definition) is 2. The van der Waals surface area contributed by atoms with E-state index in [1.54, 1.807) is 6.92 Å². The van der Waals surface area contributed by atoms with Crippen molar-refractivity contribution in [1.29, 1.82) is 0 Å². The van der Waals surface area contributed by atoms with E-state index in [-0.39, 0.29) is 11.3 Å². The Morgan fingerprint density at radius 1 is 1.44 bits per heavy atom. The zero-order valence-corrected chi connectivity index (χ0v) is 9.44. The molecule has 2 atom stereocenters. The van der Waals surface area contributed by atoms with E-state index in [2.05, 4.69) is 12.1 Å². The molecule has 3 rings (SSSR count). The lowest BCUT2D eigenvalue weighted by Crippen LogP contribution is -2.30. The minimum absolute atomic E-state index is 0.196. The number of nitrogens with zero attached hydrogens (tertiary/aromatic N) is 1. The lowest BCUT2D eigenvalue weighted by atomic mass is 9.95. The SMILES string of the molecule is CC(=O)N1CC2CC2(c2ccc(N)cc2)C1. The van der Waals surface area contributed by atoms with Gasteiger partial charge in [-0.3, -0.25) is 4.79 Å². The Morgan fingerprint density at radius 3 is 2.69 bits per heavy atom. The maximum Gasteiger partial charge on any atom is 0.219 e. The second-order valence-electron chi connectivity index (χ2n) is 5.08. The van der Waals surface area contributed by atoms with E-state index in [9.17, 15) is 4.79 Å². The smallest absolute Gasteiger partial charge is 0.219 e. The van der Waals surface area contributed by atoms with Gasteiger partial charge in [0.15, 0.2) is 0 Å². The fraction of sp³-hybridized carbons (Fsp3) is 0.462. The van der Waals surface area contributed by atoms with Crippen molar-refractivity contribution in [2.45, 2.75) is 18.8 Å². The summed E-state index contributed by atoms with van der Waals surface area (Å²) in [4.78, 5) is 13.3. The second-order valence-corrected chi connectivity index (χ2v) is 5.08. The van der Waals surface area contributed by atoms with Gasteiger partial charge >= 0.3 is 0 Å². The molecule has 2 N–H and O–H groups in total. The highest BCUT2D eigenvalue weighted by atomic mass is 16.2. The molecule has 0 spiro atoms. The van der Waals surface area contributed by atoms with Crippen molar-refractivity contribution in [3.05, 3.63) is 29.8 Å². The van der Waals surface area contributed by atoms with Crippen LogP contribution in [0.15, 0.2) is 24.3 Å². The van der Waals surface area contributed by atoms with Crippen molar-refractivity contribution in [2.24, 2.45) is 5.92 Å². The number of benzene rings is 1. The highest BCUT2D eigenvalue weighted by Gasteiger charge is 2.61. The van der Waals surface area contributed by atoms with E-state index in [1.165, 1.54) is 12.0 Å². The molecule has 3 heteroatoms. The van der Waals surface area contributed by atoms with Gasteiger partial charge in [0.2, 0.25) is 5.91 Å². The Bertz CT molecular complexity index is 440. The molecule has 16 heavy (non-hydrogen) atoms. The first-order chi connectivity index (χ1) is 7.62. The predicted molar refractivity (Wildman–Crippen MR) is 62.9 cm³/mol. The van der Waals surface area contributed by atoms with E-state index in [0.29, 0.717) is 5.92 Å². The molecule has 1 aromatic rings. The van der Waals surface area contributed by atoms with Crippen LogP contribution in [0, 0.1) is 5.92 Å². The summed E-state index contributed by atoms with van der Waals surface area (Å²) in [7, 11) is 0. The number of amides is 1. The van der Waals surface area contributed by atoms with Gasteiger partial charge in [0.05, 0.1) is 0 Å². The fourth-order valence-electron chi connectivity index (χ4n) is 2.98. The monoisotopic (exact) mass is 216 g/mol. The van der Waals surface area contributed by atoms with Gasteiger partial charge in [0, 0.05) is 31.1 Å². The van der Waals surface area contributed by atoms with E-state index < -0.39 is 0 Å². The molecule has 0 aromatic heterocycles. The number of nitrogen functional groups attached to an aromatic ring is 1. The summed E-state index contributed by atoms with van der Waals surface area (Å²) >= 11 is 0. The molecule has 1 aromatic carbocycles. The maximum absolute atomic E-state index is 11.3. The molecule has 1 saturated carbocycles. The fourth-order valence-corrected chi connectivity index (χ4v) is 2.98. The Hall–Kier alpha value is -1.51. The number of likely N-dealkylation sites (tertiary alicyclic amines) is 1.